The van der Waals surface area contributed by atoms with Crippen molar-refractivity contribution in [1.29, 1.82) is 0 Å². The van der Waals surface area contributed by atoms with Gasteiger partial charge in [0.15, 0.2) is 0 Å². The summed E-state index contributed by atoms with van der Waals surface area (Å²) in [5.74, 6) is 1.72. The topological polar surface area (TPSA) is 35.9 Å². The summed E-state index contributed by atoms with van der Waals surface area (Å²) in [6, 6.07) is 43.0. The SMILES string of the molecule is c1ccc(O[B-]23n4c5ccccc5c5cccc(c54)-c4ccnc([n+]42)-c2cccc4c5ccccc5n3c24)cc1. The monoisotopic (exact) mass is 512 g/mol. The highest BCUT2D eigenvalue weighted by Crippen LogP contribution is 2.46. The van der Waals surface area contributed by atoms with Crippen LogP contribution in [0.15, 0.2) is 128 Å². The van der Waals surface area contributed by atoms with Crippen LogP contribution in [-0.4, -0.2) is 20.7 Å². The van der Waals surface area contributed by atoms with E-state index in [4.69, 9.17) is 9.64 Å². The quantitative estimate of drug-likeness (QED) is 0.234. The second kappa shape index (κ2) is 6.99. The van der Waals surface area contributed by atoms with Gasteiger partial charge in [-0.1, -0.05) is 83.8 Å². The number of benzene rings is 5. The molecule has 40 heavy (non-hydrogen) atoms. The predicted molar refractivity (Wildman–Crippen MR) is 160 cm³/mol. The summed E-state index contributed by atoms with van der Waals surface area (Å²) in [4.78, 5) is 5.07. The van der Waals surface area contributed by atoms with Gasteiger partial charge in [-0.25, -0.2) is 0 Å². The highest BCUT2D eigenvalue weighted by molar-refractivity contribution is 6.69. The van der Waals surface area contributed by atoms with Crippen molar-refractivity contribution in [3.05, 3.63) is 128 Å². The molecular formula is C34H21BN4O. The molecule has 5 aromatic carbocycles. The lowest BCUT2D eigenvalue weighted by molar-refractivity contribution is -0.545. The van der Waals surface area contributed by atoms with Crippen LogP contribution in [0, 0.1) is 0 Å². The van der Waals surface area contributed by atoms with Crippen LogP contribution in [0.4, 0.5) is 0 Å². The van der Waals surface area contributed by atoms with Crippen LogP contribution in [0.2, 0.25) is 0 Å². The summed E-state index contributed by atoms with van der Waals surface area (Å²) in [5.41, 5.74) is 7.99. The van der Waals surface area contributed by atoms with Gasteiger partial charge in [-0.15, -0.1) is 0 Å². The summed E-state index contributed by atoms with van der Waals surface area (Å²) >= 11 is 0. The summed E-state index contributed by atoms with van der Waals surface area (Å²) in [6.07, 6.45) is 1.94. The summed E-state index contributed by atoms with van der Waals surface area (Å²) in [5, 5.41) is 4.85. The van der Waals surface area contributed by atoms with Crippen molar-refractivity contribution in [2.75, 3.05) is 0 Å². The molecule has 2 aliphatic rings. The molecule has 1 atom stereocenters. The number of para-hydroxylation sites is 5. The minimum Gasteiger partial charge on any atom is -0.641 e. The van der Waals surface area contributed by atoms with Crippen LogP contribution >= 0.6 is 0 Å². The number of hydrogen-bond donors (Lipinski definition) is 0. The lowest BCUT2D eigenvalue weighted by Crippen LogP contribution is -2.81. The molecule has 0 saturated heterocycles. The Morgan fingerprint density at radius 2 is 1.12 bits per heavy atom. The van der Waals surface area contributed by atoms with Gasteiger partial charge in [-0.2, -0.15) is 0 Å². The Bertz CT molecular complexity index is 2230. The minimum absolute atomic E-state index is 0.811. The Balaban J connectivity index is 1.55. The molecule has 1 unspecified atom stereocenters. The van der Waals surface area contributed by atoms with E-state index in [1.54, 1.807) is 0 Å². The molecule has 0 aliphatic carbocycles. The van der Waals surface area contributed by atoms with E-state index in [0.717, 1.165) is 39.4 Å². The molecule has 0 saturated carbocycles. The molecule has 186 valence electrons. The van der Waals surface area contributed by atoms with E-state index in [1.165, 1.54) is 32.6 Å². The van der Waals surface area contributed by atoms with Gasteiger partial charge in [0.25, 0.3) is 5.82 Å². The van der Waals surface area contributed by atoms with Crippen molar-refractivity contribution < 1.29 is 9.13 Å². The smallest absolute Gasteiger partial charge is 0.593 e. The van der Waals surface area contributed by atoms with Crippen LogP contribution in [0.5, 0.6) is 5.75 Å². The normalized spacial score (nSPS) is 16.6. The maximum atomic E-state index is 7.49. The molecule has 0 radical (unpaired) electrons. The third kappa shape index (κ3) is 2.21. The molecule has 2 aliphatic heterocycles. The second-order valence-corrected chi connectivity index (χ2v) is 10.8. The lowest BCUT2D eigenvalue weighted by Gasteiger charge is -2.48. The number of fused-ring (bicyclic) bond motifs is 10. The van der Waals surface area contributed by atoms with Gasteiger partial charge in [0, 0.05) is 55.2 Å². The van der Waals surface area contributed by atoms with Gasteiger partial charge in [0.05, 0.1) is 17.0 Å². The highest BCUT2D eigenvalue weighted by atomic mass is 16.5. The lowest BCUT2D eigenvalue weighted by atomic mass is 9.72. The van der Waals surface area contributed by atoms with Gasteiger partial charge < -0.3 is 18.1 Å². The zero-order valence-electron chi connectivity index (χ0n) is 21.4. The molecule has 10 rings (SSSR count). The molecular weight excluding hydrogens is 491 g/mol. The average molecular weight is 512 g/mol. The standard InChI is InChI=1S/C34H21BN4O/c1-2-10-22(11-3-1)40-35-37-29-18-6-4-12-23(29)25-14-8-16-27(32(25)37)31-20-21-36-34(39(31)35)28-17-9-15-26-24-13-5-7-19-30(24)38(35)33(26)28/h1-21H. The first-order chi connectivity index (χ1) is 19.9. The molecule has 3 aromatic heterocycles. The zero-order valence-corrected chi connectivity index (χ0v) is 21.4. The Hall–Kier alpha value is -5.36. The largest absolute Gasteiger partial charge is 0.641 e. The minimum atomic E-state index is -2.16. The van der Waals surface area contributed by atoms with Crippen LogP contribution in [0.1, 0.15) is 0 Å². The van der Waals surface area contributed by atoms with Gasteiger partial charge in [-0.3, -0.25) is 0 Å². The molecule has 0 amide bonds. The average Bonchev–Trinajstić information content (AvgIpc) is 3.54. The van der Waals surface area contributed by atoms with Crippen molar-refractivity contribution in [3.8, 4) is 28.4 Å². The Labute approximate surface area is 229 Å². The van der Waals surface area contributed by atoms with E-state index in [2.05, 4.69) is 117 Å². The van der Waals surface area contributed by atoms with Gasteiger partial charge >= 0.3 is 6.75 Å². The maximum absolute atomic E-state index is 7.49. The first-order valence-corrected chi connectivity index (χ1v) is 13.7. The van der Waals surface area contributed by atoms with E-state index in [9.17, 15) is 0 Å². The number of rotatable bonds is 2. The maximum Gasteiger partial charge on any atom is 0.593 e. The summed E-state index contributed by atoms with van der Waals surface area (Å²) in [7, 11) is 0. The fourth-order valence-electron chi connectivity index (χ4n) is 7.57. The molecule has 0 spiro atoms. The first kappa shape index (κ1) is 20.6. The Morgan fingerprint density at radius 3 is 1.82 bits per heavy atom. The summed E-state index contributed by atoms with van der Waals surface area (Å²) in [6.45, 7) is -2.16. The first-order valence-electron chi connectivity index (χ1n) is 13.7. The van der Waals surface area contributed by atoms with Crippen molar-refractivity contribution in [2.45, 2.75) is 0 Å². The van der Waals surface area contributed by atoms with E-state index in [-0.39, 0.29) is 0 Å². The van der Waals surface area contributed by atoms with E-state index in [1.807, 2.05) is 24.4 Å². The van der Waals surface area contributed by atoms with Crippen molar-refractivity contribution in [3.63, 3.8) is 0 Å². The molecule has 6 heteroatoms. The van der Waals surface area contributed by atoms with Crippen LogP contribution in [-0.2, 0) is 0 Å². The second-order valence-electron chi connectivity index (χ2n) is 10.8. The van der Waals surface area contributed by atoms with Gasteiger partial charge in [0.2, 0.25) is 0 Å². The summed E-state index contributed by atoms with van der Waals surface area (Å²) < 4.78 is 14.8. The molecule has 5 heterocycles. The Morgan fingerprint density at radius 1 is 0.550 bits per heavy atom. The van der Waals surface area contributed by atoms with Gasteiger partial charge in [-0.05, 0) is 36.4 Å². The van der Waals surface area contributed by atoms with Gasteiger partial charge in [0.1, 0.15) is 6.20 Å². The molecule has 0 N–H and O–H groups in total. The van der Waals surface area contributed by atoms with E-state index < -0.39 is 6.75 Å². The Kier molecular flexibility index (Phi) is 3.60. The number of aromatic nitrogens is 4. The van der Waals surface area contributed by atoms with Crippen LogP contribution < -0.4 is 9.13 Å². The molecule has 0 fully saturated rings. The molecule has 0 bridgehead atoms. The van der Waals surface area contributed by atoms with Crippen molar-refractivity contribution in [2.24, 2.45) is 0 Å². The van der Waals surface area contributed by atoms with Crippen LogP contribution in [0.3, 0.4) is 0 Å². The number of nitrogens with zero attached hydrogens (tertiary/aromatic N) is 4. The third-order valence-electron chi connectivity index (χ3n) is 8.94. The number of hydrogen-bond acceptors (Lipinski definition) is 2. The highest BCUT2D eigenvalue weighted by Gasteiger charge is 2.54. The van der Waals surface area contributed by atoms with Crippen molar-refractivity contribution in [1.82, 2.24) is 13.9 Å². The predicted octanol–water partition coefficient (Wildman–Crippen LogP) is 7.01. The fraction of sp³-hybridized carbons (Fsp3) is 0. The third-order valence-corrected chi connectivity index (χ3v) is 8.94. The molecule has 8 aromatic rings. The van der Waals surface area contributed by atoms with E-state index >= 15 is 0 Å². The van der Waals surface area contributed by atoms with Crippen molar-refractivity contribution >= 4 is 50.4 Å². The van der Waals surface area contributed by atoms with E-state index in [0.29, 0.717) is 0 Å². The van der Waals surface area contributed by atoms with Crippen LogP contribution in [0.25, 0.3) is 66.3 Å². The molecule has 5 nitrogen and oxygen atoms in total. The fourth-order valence-corrected chi connectivity index (χ4v) is 7.57. The zero-order chi connectivity index (χ0) is 26.0.